The first-order valence-corrected chi connectivity index (χ1v) is 5.92. The summed E-state index contributed by atoms with van der Waals surface area (Å²) in [5.74, 6) is 1.47. The maximum Gasteiger partial charge on any atom is 0.125 e. The van der Waals surface area contributed by atoms with Crippen molar-refractivity contribution in [1.82, 2.24) is 0 Å². The summed E-state index contributed by atoms with van der Waals surface area (Å²) < 4.78 is 5.41. The fourth-order valence-electron chi connectivity index (χ4n) is 2.88. The number of ether oxygens (including phenoxy) is 1. The molecule has 0 saturated heterocycles. The van der Waals surface area contributed by atoms with E-state index in [2.05, 4.69) is 19.9 Å². The lowest BCUT2D eigenvalue weighted by molar-refractivity contribution is 0.150. The van der Waals surface area contributed by atoms with Gasteiger partial charge in [-0.25, -0.2) is 0 Å². The molecule has 2 rings (SSSR count). The third kappa shape index (κ3) is 1.61. The Morgan fingerprint density at radius 3 is 2.62 bits per heavy atom. The van der Waals surface area contributed by atoms with Gasteiger partial charge in [0.25, 0.3) is 0 Å². The van der Waals surface area contributed by atoms with E-state index in [1.165, 1.54) is 11.1 Å². The minimum atomic E-state index is -0.319. The van der Waals surface area contributed by atoms with Gasteiger partial charge in [-0.15, -0.1) is 0 Å². The van der Waals surface area contributed by atoms with Crippen molar-refractivity contribution in [2.24, 2.45) is 0 Å². The van der Waals surface area contributed by atoms with Gasteiger partial charge in [-0.05, 0) is 54.9 Å². The molecule has 0 spiro atoms. The molecule has 2 atom stereocenters. The molecule has 0 saturated carbocycles. The molecule has 0 aliphatic heterocycles. The van der Waals surface area contributed by atoms with E-state index in [1.807, 2.05) is 6.92 Å². The van der Waals surface area contributed by atoms with Gasteiger partial charge in [0.1, 0.15) is 5.75 Å². The fourth-order valence-corrected chi connectivity index (χ4v) is 2.88. The second kappa shape index (κ2) is 4.10. The third-order valence-electron chi connectivity index (χ3n) is 3.73. The zero-order valence-corrected chi connectivity index (χ0v) is 10.5. The number of hydrogen-bond acceptors (Lipinski definition) is 2. The molecule has 0 fully saturated rings. The van der Waals surface area contributed by atoms with Crippen LogP contribution in [0.2, 0.25) is 0 Å². The molecule has 1 aliphatic rings. The molecule has 16 heavy (non-hydrogen) atoms. The Morgan fingerprint density at radius 2 is 2.00 bits per heavy atom. The highest BCUT2D eigenvalue weighted by atomic mass is 16.5. The number of aryl methyl sites for hydroxylation is 1. The van der Waals surface area contributed by atoms with Gasteiger partial charge in [0.2, 0.25) is 0 Å². The summed E-state index contributed by atoms with van der Waals surface area (Å²) in [6.45, 7) is 6.35. The summed E-state index contributed by atoms with van der Waals surface area (Å²) in [7, 11) is 1.69. The normalized spacial score (nSPS) is 24.1. The van der Waals surface area contributed by atoms with Crippen LogP contribution in [-0.2, 0) is 0 Å². The first kappa shape index (κ1) is 11.5. The molecule has 0 bridgehead atoms. The van der Waals surface area contributed by atoms with Crippen LogP contribution >= 0.6 is 0 Å². The second-order valence-corrected chi connectivity index (χ2v) is 4.85. The predicted molar refractivity (Wildman–Crippen MR) is 65.1 cm³/mol. The van der Waals surface area contributed by atoms with Crippen molar-refractivity contribution in [2.45, 2.75) is 45.6 Å². The zero-order chi connectivity index (χ0) is 11.9. The van der Waals surface area contributed by atoms with Crippen LogP contribution in [0.1, 0.15) is 54.0 Å². The Morgan fingerprint density at radius 1 is 1.31 bits per heavy atom. The molecule has 0 radical (unpaired) electrons. The van der Waals surface area contributed by atoms with Gasteiger partial charge < -0.3 is 9.84 Å². The molecule has 2 nitrogen and oxygen atoms in total. The van der Waals surface area contributed by atoms with E-state index in [1.54, 1.807) is 7.11 Å². The van der Waals surface area contributed by atoms with E-state index in [4.69, 9.17) is 4.74 Å². The molecule has 0 amide bonds. The number of aliphatic hydroxyl groups excluding tert-OH is 1. The lowest BCUT2D eigenvalue weighted by atomic mass is 9.79. The standard InChI is InChI=1S/C14H20O2/c1-8-5-6-12(15)13-10(3)14(16-4)9(2)7-11(8)13/h7-8,12,15H,5-6H2,1-4H3/t8?,12-/m1/s1. The van der Waals surface area contributed by atoms with E-state index in [0.29, 0.717) is 5.92 Å². The van der Waals surface area contributed by atoms with Gasteiger partial charge in [0.15, 0.2) is 0 Å². The van der Waals surface area contributed by atoms with Gasteiger partial charge in [0, 0.05) is 0 Å². The van der Waals surface area contributed by atoms with Gasteiger partial charge in [-0.3, -0.25) is 0 Å². The van der Waals surface area contributed by atoms with Crippen molar-refractivity contribution in [3.8, 4) is 5.75 Å². The number of fused-ring (bicyclic) bond motifs is 1. The highest BCUT2D eigenvalue weighted by molar-refractivity contribution is 5.52. The molecule has 0 heterocycles. The predicted octanol–water partition coefficient (Wildman–Crippen LogP) is 3.24. The summed E-state index contributed by atoms with van der Waals surface area (Å²) in [6, 6.07) is 2.17. The maximum atomic E-state index is 10.1. The number of benzene rings is 1. The molecule has 1 unspecified atom stereocenters. The second-order valence-electron chi connectivity index (χ2n) is 4.85. The van der Waals surface area contributed by atoms with E-state index in [-0.39, 0.29) is 6.10 Å². The first-order chi connectivity index (χ1) is 7.56. The molecular weight excluding hydrogens is 200 g/mol. The number of hydrogen-bond donors (Lipinski definition) is 1. The van der Waals surface area contributed by atoms with Crippen molar-refractivity contribution in [1.29, 1.82) is 0 Å². The van der Waals surface area contributed by atoms with Crippen molar-refractivity contribution >= 4 is 0 Å². The van der Waals surface area contributed by atoms with Crippen molar-refractivity contribution in [3.05, 3.63) is 28.3 Å². The molecule has 1 aromatic carbocycles. The van der Waals surface area contributed by atoms with Crippen molar-refractivity contribution in [3.63, 3.8) is 0 Å². The molecule has 2 heteroatoms. The molecule has 1 aliphatic carbocycles. The third-order valence-corrected chi connectivity index (χ3v) is 3.73. The van der Waals surface area contributed by atoms with Gasteiger partial charge in [-0.1, -0.05) is 13.0 Å². The Kier molecular flexibility index (Phi) is 2.94. The Labute approximate surface area is 97.3 Å². The van der Waals surface area contributed by atoms with Crippen LogP contribution in [0.4, 0.5) is 0 Å². The quantitative estimate of drug-likeness (QED) is 0.787. The average molecular weight is 220 g/mol. The topological polar surface area (TPSA) is 29.5 Å². The van der Waals surface area contributed by atoms with Crippen LogP contribution in [0.25, 0.3) is 0 Å². The molecule has 1 aromatic rings. The zero-order valence-electron chi connectivity index (χ0n) is 10.5. The van der Waals surface area contributed by atoms with Crippen LogP contribution in [-0.4, -0.2) is 12.2 Å². The summed E-state index contributed by atoms with van der Waals surface area (Å²) in [6.07, 6.45) is 1.61. The van der Waals surface area contributed by atoms with Crippen LogP contribution in [0.3, 0.4) is 0 Å². The van der Waals surface area contributed by atoms with E-state index in [0.717, 1.165) is 29.7 Å². The Bertz CT molecular complexity index is 410. The van der Waals surface area contributed by atoms with Gasteiger partial charge >= 0.3 is 0 Å². The molecule has 0 aromatic heterocycles. The largest absolute Gasteiger partial charge is 0.496 e. The lowest BCUT2D eigenvalue weighted by Gasteiger charge is -2.30. The Balaban J connectivity index is 2.66. The van der Waals surface area contributed by atoms with Crippen molar-refractivity contribution in [2.75, 3.05) is 7.11 Å². The molecule has 88 valence electrons. The number of rotatable bonds is 1. The minimum Gasteiger partial charge on any atom is -0.496 e. The highest BCUT2D eigenvalue weighted by Crippen LogP contribution is 2.42. The fraction of sp³-hybridized carbons (Fsp3) is 0.571. The number of methoxy groups -OCH3 is 1. The smallest absolute Gasteiger partial charge is 0.125 e. The van der Waals surface area contributed by atoms with Crippen LogP contribution in [0, 0.1) is 13.8 Å². The van der Waals surface area contributed by atoms with E-state index in [9.17, 15) is 5.11 Å². The summed E-state index contributed by atoms with van der Waals surface area (Å²) in [5, 5.41) is 10.1. The minimum absolute atomic E-state index is 0.319. The number of aliphatic hydroxyl groups is 1. The molecule has 1 N–H and O–H groups in total. The van der Waals surface area contributed by atoms with Crippen LogP contribution in [0.5, 0.6) is 5.75 Å². The highest BCUT2D eigenvalue weighted by Gasteiger charge is 2.27. The summed E-state index contributed by atoms with van der Waals surface area (Å²) in [4.78, 5) is 0. The van der Waals surface area contributed by atoms with Crippen molar-refractivity contribution < 1.29 is 9.84 Å². The SMILES string of the molecule is COc1c(C)cc2c(c1C)[C@H](O)CCC2C. The van der Waals surface area contributed by atoms with Gasteiger partial charge in [0.05, 0.1) is 13.2 Å². The van der Waals surface area contributed by atoms with E-state index >= 15 is 0 Å². The van der Waals surface area contributed by atoms with E-state index < -0.39 is 0 Å². The van der Waals surface area contributed by atoms with Crippen LogP contribution < -0.4 is 4.74 Å². The molecular formula is C14H20O2. The van der Waals surface area contributed by atoms with Gasteiger partial charge in [-0.2, -0.15) is 0 Å². The van der Waals surface area contributed by atoms with Crippen LogP contribution in [0.15, 0.2) is 6.07 Å². The average Bonchev–Trinajstić information content (AvgIpc) is 2.24. The lowest BCUT2D eigenvalue weighted by Crippen LogP contribution is -2.15. The summed E-state index contributed by atoms with van der Waals surface area (Å²) >= 11 is 0. The summed E-state index contributed by atoms with van der Waals surface area (Å²) in [5.41, 5.74) is 4.67. The Hall–Kier alpha value is -1.02. The maximum absolute atomic E-state index is 10.1. The first-order valence-electron chi connectivity index (χ1n) is 5.92. The monoisotopic (exact) mass is 220 g/mol.